The number of benzene rings is 2. The number of carbonyl (C=O) groups excluding carboxylic acids is 1. The van der Waals surface area contributed by atoms with E-state index in [0.29, 0.717) is 11.3 Å². The van der Waals surface area contributed by atoms with Crippen molar-refractivity contribution in [2.75, 3.05) is 0 Å². The van der Waals surface area contributed by atoms with Gasteiger partial charge in [0, 0.05) is 5.38 Å². The molecule has 3 rings (SSSR count). The van der Waals surface area contributed by atoms with Gasteiger partial charge in [-0.05, 0) is 36.6 Å². The zero-order valence-electron chi connectivity index (χ0n) is 15.6. The number of amides is 1. The molecule has 0 aliphatic carbocycles. The van der Waals surface area contributed by atoms with Gasteiger partial charge in [0.15, 0.2) is 0 Å². The Morgan fingerprint density at radius 2 is 1.97 bits per heavy atom. The minimum atomic E-state index is -4.11. The van der Waals surface area contributed by atoms with E-state index in [0.717, 1.165) is 11.6 Å². The summed E-state index contributed by atoms with van der Waals surface area (Å²) < 4.78 is 41.8. The van der Waals surface area contributed by atoms with Gasteiger partial charge in [0.2, 0.25) is 15.9 Å². The van der Waals surface area contributed by atoms with Crippen molar-refractivity contribution >= 4 is 27.3 Å². The average Bonchev–Trinajstić information content (AvgIpc) is 3.21. The molecule has 1 amide bonds. The molecule has 0 saturated heterocycles. The third kappa shape index (κ3) is 5.69. The molecule has 0 aliphatic rings. The second-order valence-corrected chi connectivity index (χ2v) is 8.87. The Labute approximate surface area is 172 Å². The van der Waals surface area contributed by atoms with Crippen molar-refractivity contribution in [3.05, 3.63) is 82.1 Å². The fourth-order valence-corrected chi connectivity index (χ4v) is 4.79. The molecule has 0 bridgehead atoms. The molecule has 2 aromatic carbocycles. The Morgan fingerprint density at radius 1 is 1.21 bits per heavy atom. The van der Waals surface area contributed by atoms with Crippen LogP contribution < -0.4 is 10.0 Å². The molecule has 0 unspecified atom stereocenters. The molecule has 0 saturated carbocycles. The highest BCUT2D eigenvalue weighted by Gasteiger charge is 2.27. The van der Waals surface area contributed by atoms with Crippen molar-refractivity contribution in [2.45, 2.75) is 30.8 Å². The van der Waals surface area contributed by atoms with Crippen molar-refractivity contribution in [1.82, 2.24) is 15.0 Å². The highest BCUT2D eigenvalue weighted by molar-refractivity contribution is 7.89. The maximum absolute atomic E-state index is 13.6. The van der Waals surface area contributed by atoms with Crippen LogP contribution in [-0.4, -0.2) is 25.4 Å². The van der Waals surface area contributed by atoms with Gasteiger partial charge in [0.25, 0.3) is 0 Å². The summed E-state index contributed by atoms with van der Waals surface area (Å²) in [5.74, 6) is -1.15. The molecule has 29 heavy (non-hydrogen) atoms. The lowest BCUT2D eigenvalue weighted by Crippen LogP contribution is -2.47. The molecule has 0 spiro atoms. The maximum atomic E-state index is 13.6. The Bertz CT molecular complexity index is 1070. The first kappa shape index (κ1) is 21.1. The number of carbonyl (C=O) groups is 1. The SMILES string of the molecule is Cc1ccc(F)cc1S(=O)(=O)N[C@@H](Cc1ccccc1)C(=O)NCc1cscn1. The minimum absolute atomic E-state index is 0.150. The smallest absolute Gasteiger partial charge is 0.241 e. The molecular formula is C20H20FN3O3S2. The van der Waals surface area contributed by atoms with Gasteiger partial charge in [-0.1, -0.05) is 36.4 Å². The molecular weight excluding hydrogens is 413 g/mol. The molecule has 1 heterocycles. The van der Waals surface area contributed by atoms with Gasteiger partial charge in [0.1, 0.15) is 11.9 Å². The van der Waals surface area contributed by atoms with E-state index in [9.17, 15) is 17.6 Å². The van der Waals surface area contributed by atoms with Crippen LogP contribution in [0.2, 0.25) is 0 Å². The van der Waals surface area contributed by atoms with Crippen LogP contribution in [0.15, 0.2) is 64.3 Å². The summed E-state index contributed by atoms with van der Waals surface area (Å²) >= 11 is 1.40. The number of aryl methyl sites for hydroxylation is 1. The number of sulfonamides is 1. The summed E-state index contributed by atoms with van der Waals surface area (Å²) in [5, 5.41) is 4.51. The maximum Gasteiger partial charge on any atom is 0.241 e. The quantitative estimate of drug-likeness (QED) is 0.572. The lowest BCUT2D eigenvalue weighted by Gasteiger charge is -2.19. The predicted octanol–water partition coefficient (Wildman–Crippen LogP) is 2.80. The van der Waals surface area contributed by atoms with Gasteiger partial charge in [-0.25, -0.2) is 17.8 Å². The van der Waals surface area contributed by atoms with Gasteiger partial charge >= 0.3 is 0 Å². The van der Waals surface area contributed by atoms with Crippen LogP contribution in [0.3, 0.4) is 0 Å². The standard InChI is InChI=1S/C20H20FN3O3S2/c1-14-7-8-16(21)10-19(14)29(26,27)24-18(9-15-5-3-2-4-6-15)20(25)22-11-17-12-28-13-23-17/h2-8,10,12-13,18,24H,9,11H2,1H3,(H,22,25)/t18-/m0/s1. The van der Waals surface area contributed by atoms with E-state index in [1.165, 1.54) is 23.5 Å². The van der Waals surface area contributed by atoms with Gasteiger partial charge < -0.3 is 5.32 Å². The Balaban J connectivity index is 1.83. The molecule has 0 aliphatic heterocycles. The summed E-state index contributed by atoms with van der Waals surface area (Å²) in [5.41, 5.74) is 3.52. The number of nitrogens with one attached hydrogen (secondary N) is 2. The fraction of sp³-hybridized carbons (Fsp3) is 0.200. The summed E-state index contributed by atoms with van der Waals surface area (Å²) in [6.07, 6.45) is 0.150. The fourth-order valence-electron chi connectivity index (χ4n) is 2.78. The molecule has 0 radical (unpaired) electrons. The van der Waals surface area contributed by atoms with Gasteiger partial charge in [0.05, 0.1) is 22.6 Å². The van der Waals surface area contributed by atoms with Crippen LogP contribution in [0.1, 0.15) is 16.8 Å². The Hall–Kier alpha value is -2.62. The number of halogens is 1. The second kappa shape index (κ2) is 9.25. The van der Waals surface area contributed by atoms with Crippen molar-refractivity contribution in [2.24, 2.45) is 0 Å². The third-order valence-electron chi connectivity index (χ3n) is 4.26. The van der Waals surface area contributed by atoms with Crippen molar-refractivity contribution < 1.29 is 17.6 Å². The zero-order valence-corrected chi connectivity index (χ0v) is 17.3. The molecule has 152 valence electrons. The molecule has 6 nitrogen and oxygen atoms in total. The second-order valence-electron chi connectivity index (χ2n) is 6.47. The number of thiazole rings is 1. The highest BCUT2D eigenvalue weighted by Crippen LogP contribution is 2.17. The van der Waals surface area contributed by atoms with Crippen molar-refractivity contribution in [3.8, 4) is 0 Å². The van der Waals surface area contributed by atoms with Crippen molar-refractivity contribution in [1.29, 1.82) is 0 Å². The number of hydrogen-bond donors (Lipinski definition) is 2. The third-order valence-corrected chi connectivity index (χ3v) is 6.51. The Morgan fingerprint density at radius 3 is 2.66 bits per heavy atom. The normalized spacial score (nSPS) is 12.5. The summed E-state index contributed by atoms with van der Waals surface area (Å²) in [7, 11) is -4.11. The van der Waals surface area contributed by atoms with Crippen LogP contribution in [-0.2, 0) is 27.8 Å². The molecule has 0 fully saturated rings. The summed E-state index contributed by atoms with van der Waals surface area (Å²) in [4.78, 5) is 16.7. The number of hydrogen-bond acceptors (Lipinski definition) is 5. The number of rotatable bonds is 8. The van der Waals surface area contributed by atoms with E-state index in [-0.39, 0.29) is 17.9 Å². The van der Waals surface area contributed by atoms with Gasteiger partial charge in [-0.3, -0.25) is 4.79 Å². The molecule has 1 atom stereocenters. The molecule has 2 N–H and O–H groups in total. The number of aromatic nitrogens is 1. The molecule has 9 heteroatoms. The number of nitrogens with zero attached hydrogens (tertiary/aromatic N) is 1. The summed E-state index contributed by atoms with van der Waals surface area (Å²) in [6.45, 7) is 1.76. The lowest BCUT2D eigenvalue weighted by atomic mass is 10.1. The largest absolute Gasteiger partial charge is 0.349 e. The topological polar surface area (TPSA) is 88.2 Å². The van der Waals surface area contributed by atoms with E-state index in [2.05, 4.69) is 15.0 Å². The van der Waals surface area contributed by atoms with E-state index in [1.54, 1.807) is 17.8 Å². The van der Waals surface area contributed by atoms with Crippen molar-refractivity contribution in [3.63, 3.8) is 0 Å². The monoisotopic (exact) mass is 433 g/mol. The van der Waals surface area contributed by atoms with E-state index in [4.69, 9.17) is 0 Å². The summed E-state index contributed by atoms with van der Waals surface area (Å²) in [6, 6.07) is 11.5. The van der Waals surface area contributed by atoms with Gasteiger partial charge in [-0.2, -0.15) is 4.72 Å². The van der Waals surface area contributed by atoms with E-state index in [1.807, 2.05) is 30.3 Å². The van der Waals surface area contributed by atoms with E-state index >= 15 is 0 Å². The lowest BCUT2D eigenvalue weighted by molar-refractivity contribution is -0.122. The van der Waals surface area contributed by atoms with Crippen LogP contribution in [0.25, 0.3) is 0 Å². The van der Waals surface area contributed by atoms with Crippen LogP contribution >= 0.6 is 11.3 Å². The highest BCUT2D eigenvalue weighted by atomic mass is 32.2. The minimum Gasteiger partial charge on any atom is -0.349 e. The zero-order chi connectivity index (χ0) is 20.9. The predicted molar refractivity (Wildman–Crippen MR) is 109 cm³/mol. The first-order valence-electron chi connectivity index (χ1n) is 8.82. The van der Waals surface area contributed by atoms with Crippen LogP contribution in [0.4, 0.5) is 4.39 Å². The first-order valence-corrected chi connectivity index (χ1v) is 11.2. The first-order chi connectivity index (χ1) is 13.8. The van der Waals surface area contributed by atoms with Crippen LogP contribution in [0, 0.1) is 12.7 Å². The Kier molecular flexibility index (Phi) is 6.73. The molecule has 3 aromatic rings. The average molecular weight is 434 g/mol. The molecule has 1 aromatic heterocycles. The van der Waals surface area contributed by atoms with Gasteiger partial charge in [-0.15, -0.1) is 11.3 Å². The van der Waals surface area contributed by atoms with Crippen LogP contribution in [0.5, 0.6) is 0 Å². The van der Waals surface area contributed by atoms with E-state index < -0.39 is 27.8 Å².